The minimum Gasteiger partial charge on any atom is -0.300 e. The molecule has 1 heterocycles. The normalized spacial score (nSPS) is 10.5. The van der Waals surface area contributed by atoms with Crippen molar-refractivity contribution in [2.24, 2.45) is 7.05 Å². The Hall–Kier alpha value is -1.95. The average Bonchev–Trinajstić information content (AvgIpc) is 2.67. The summed E-state index contributed by atoms with van der Waals surface area (Å²) in [7, 11) is 1.73. The molecule has 0 fully saturated rings. The minimum atomic E-state index is -0.575. The summed E-state index contributed by atoms with van der Waals surface area (Å²) in [6, 6.07) is 4.55. The van der Waals surface area contributed by atoms with Gasteiger partial charge in [-0.25, -0.2) is 4.39 Å². The Labute approximate surface area is 114 Å². The Bertz CT molecular complexity index is 626. The van der Waals surface area contributed by atoms with Crippen molar-refractivity contribution in [3.63, 3.8) is 0 Å². The molecule has 19 heavy (non-hydrogen) atoms. The first kappa shape index (κ1) is 13.5. The van der Waals surface area contributed by atoms with Gasteiger partial charge >= 0.3 is 0 Å². The summed E-state index contributed by atoms with van der Waals surface area (Å²) in [5.74, 6) is 0.0410. The van der Waals surface area contributed by atoms with Crippen LogP contribution >= 0.6 is 11.6 Å². The predicted octanol–water partition coefficient (Wildman–Crippen LogP) is 2.10. The summed E-state index contributed by atoms with van der Waals surface area (Å²) < 4.78 is 15.3. The smallest absolute Gasteiger partial charge is 0.231 e. The van der Waals surface area contributed by atoms with Crippen LogP contribution in [0.25, 0.3) is 0 Å². The van der Waals surface area contributed by atoms with Gasteiger partial charge in [0.1, 0.15) is 11.6 Å². The van der Waals surface area contributed by atoms with Crippen LogP contribution < -0.4 is 5.32 Å². The van der Waals surface area contributed by atoms with E-state index in [1.807, 2.05) is 0 Å². The van der Waals surface area contributed by atoms with Crippen LogP contribution in [0.3, 0.4) is 0 Å². The minimum absolute atomic E-state index is 0.000183. The first-order valence-electron chi connectivity index (χ1n) is 5.57. The molecule has 100 valence electrons. The number of hydrogen-bond acceptors (Lipinski definition) is 3. The first-order chi connectivity index (χ1) is 8.99. The molecule has 0 aliphatic rings. The zero-order chi connectivity index (χ0) is 14.0. The highest BCUT2D eigenvalue weighted by Gasteiger charge is 2.13. The first-order valence-corrected chi connectivity index (χ1v) is 5.95. The lowest BCUT2D eigenvalue weighted by atomic mass is 10.1. The van der Waals surface area contributed by atoms with Crippen molar-refractivity contribution in [2.45, 2.75) is 13.3 Å². The second-order valence-electron chi connectivity index (χ2n) is 4.07. The fraction of sp³-hybridized carbons (Fsp3) is 0.250. The van der Waals surface area contributed by atoms with Crippen molar-refractivity contribution in [3.05, 3.63) is 40.4 Å². The Morgan fingerprint density at radius 3 is 2.84 bits per heavy atom. The van der Waals surface area contributed by atoms with Gasteiger partial charge in [0.15, 0.2) is 0 Å². The Morgan fingerprint density at radius 2 is 2.21 bits per heavy atom. The maximum Gasteiger partial charge on any atom is 0.231 e. The fourth-order valence-corrected chi connectivity index (χ4v) is 1.74. The Kier molecular flexibility index (Phi) is 3.80. The third-order valence-electron chi connectivity index (χ3n) is 2.73. The van der Waals surface area contributed by atoms with Crippen LogP contribution in [0.15, 0.2) is 18.2 Å². The van der Waals surface area contributed by atoms with Gasteiger partial charge in [-0.05, 0) is 18.6 Å². The molecule has 0 saturated carbocycles. The van der Waals surface area contributed by atoms with E-state index in [-0.39, 0.29) is 22.9 Å². The van der Waals surface area contributed by atoms with Crippen LogP contribution in [-0.4, -0.2) is 20.7 Å². The topological polar surface area (TPSA) is 59.8 Å². The maximum absolute atomic E-state index is 13.6. The molecule has 1 amide bonds. The second-order valence-corrected chi connectivity index (χ2v) is 4.47. The number of carbonyl (C=O) groups is 1. The van der Waals surface area contributed by atoms with E-state index in [1.165, 1.54) is 12.1 Å². The highest BCUT2D eigenvalue weighted by Crippen LogP contribution is 2.18. The van der Waals surface area contributed by atoms with Gasteiger partial charge < -0.3 is 4.57 Å². The fourth-order valence-electron chi connectivity index (χ4n) is 1.54. The molecule has 5 nitrogen and oxygen atoms in total. The largest absolute Gasteiger partial charge is 0.300 e. The molecule has 0 saturated heterocycles. The molecule has 2 rings (SSSR count). The zero-order valence-electron chi connectivity index (χ0n) is 10.4. The molecular weight excluding hydrogens is 271 g/mol. The van der Waals surface area contributed by atoms with Crippen LogP contribution in [0.1, 0.15) is 11.4 Å². The summed E-state index contributed by atoms with van der Waals surface area (Å²) in [5, 5.41) is 10.2. The molecule has 1 aromatic heterocycles. The zero-order valence-corrected chi connectivity index (χ0v) is 11.2. The van der Waals surface area contributed by atoms with E-state index in [4.69, 9.17) is 11.6 Å². The summed E-state index contributed by atoms with van der Waals surface area (Å²) in [5.41, 5.74) is 0.240. The highest BCUT2D eigenvalue weighted by atomic mass is 35.5. The molecule has 0 bridgehead atoms. The van der Waals surface area contributed by atoms with E-state index in [0.717, 1.165) is 0 Å². The van der Waals surface area contributed by atoms with Crippen molar-refractivity contribution >= 4 is 23.5 Å². The van der Waals surface area contributed by atoms with Gasteiger partial charge in [-0.15, -0.1) is 10.2 Å². The van der Waals surface area contributed by atoms with E-state index in [1.54, 1.807) is 24.6 Å². The number of hydrogen-bond donors (Lipinski definition) is 1. The summed E-state index contributed by atoms with van der Waals surface area (Å²) >= 11 is 5.65. The van der Waals surface area contributed by atoms with Gasteiger partial charge in [-0.2, -0.15) is 0 Å². The van der Waals surface area contributed by atoms with Crippen LogP contribution in [0.5, 0.6) is 0 Å². The predicted molar refractivity (Wildman–Crippen MR) is 69.5 cm³/mol. The molecule has 0 spiro atoms. The molecule has 0 aliphatic heterocycles. The molecular formula is C12H12ClFN4O. The number of carbonyl (C=O) groups excluding carboxylic acids is 1. The number of nitrogens with one attached hydrogen (secondary N) is 1. The molecule has 0 radical (unpaired) electrons. The van der Waals surface area contributed by atoms with Crippen molar-refractivity contribution in [1.82, 2.24) is 14.8 Å². The van der Waals surface area contributed by atoms with E-state index < -0.39 is 5.82 Å². The van der Waals surface area contributed by atoms with E-state index in [2.05, 4.69) is 15.5 Å². The number of aryl methyl sites for hydroxylation is 1. The number of nitrogens with zero attached hydrogens (tertiary/aromatic N) is 3. The average molecular weight is 283 g/mol. The van der Waals surface area contributed by atoms with Crippen LogP contribution in [0, 0.1) is 12.7 Å². The van der Waals surface area contributed by atoms with Crippen molar-refractivity contribution in [3.8, 4) is 0 Å². The molecule has 1 N–H and O–H groups in total. The Balaban J connectivity index is 2.10. The van der Waals surface area contributed by atoms with Gasteiger partial charge in [0.25, 0.3) is 0 Å². The van der Waals surface area contributed by atoms with E-state index in [9.17, 15) is 9.18 Å². The molecule has 1 aromatic carbocycles. The molecule has 0 atom stereocenters. The SMILES string of the molecule is Cc1nnc(NC(=O)Cc2cccc(Cl)c2F)n1C. The lowest BCUT2D eigenvalue weighted by Crippen LogP contribution is -2.18. The van der Waals surface area contributed by atoms with Crippen molar-refractivity contribution in [2.75, 3.05) is 5.32 Å². The number of benzene rings is 1. The third-order valence-corrected chi connectivity index (χ3v) is 3.02. The monoisotopic (exact) mass is 282 g/mol. The number of rotatable bonds is 3. The lowest BCUT2D eigenvalue weighted by molar-refractivity contribution is -0.115. The second kappa shape index (κ2) is 5.36. The summed E-state index contributed by atoms with van der Waals surface area (Å²) in [6.45, 7) is 1.76. The summed E-state index contributed by atoms with van der Waals surface area (Å²) in [6.07, 6.45) is -0.113. The standard InChI is InChI=1S/C12H12ClFN4O/c1-7-16-17-12(18(7)2)15-10(19)6-8-4-3-5-9(13)11(8)14/h3-5H,6H2,1-2H3,(H,15,17,19). The van der Waals surface area contributed by atoms with Gasteiger partial charge in [-0.3, -0.25) is 10.1 Å². The number of halogens is 2. The molecule has 7 heteroatoms. The molecule has 2 aromatic rings. The van der Waals surface area contributed by atoms with Crippen LogP contribution in [-0.2, 0) is 18.3 Å². The molecule has 0 aliphatic carbocycles. The number of anilines is 1. The van der Waals surface area contributed by atoms with Crippen molar-refractivity contribution in [1.29, 1.82) is 0 Å². The lowest BCUT2D eigenvalue weighted by Gasteiger charge is -2.06. The number of aromatic nitrogens is 3. The molecule has 0 unspecified atom stereocenters. The highest BCUT2D eigenvalue weighted by molar-refractivity contribution is 6.30. The van der Waals surface area contributed by atoms with Crippen LogP contribution in [0.2, 0.25) is 5.02 Å². The maximum atomic E-state index is 13.6. The summed E-state index contributed by atoms with van der Waals surface area (Å²) in [4.78, 5) is 11.8. The van der Waals surface area contributed by atoms with Gasteiger partial charge in [0, 0.05) is 7.05 Å². The number of amides is 1. The van der Waals surface area contributed by atoms with Crippen LogP contribution in [0.4, 0.5) is 10.3 Å². The van der Waals surface area contributed by atoms with Gasteiger partial charge in [0.2, 0.25) is 11.9 Å². The van der Waals surface area contributed by atoms with E-state index >= 15 is 0 Å². The van der Waals surface area contributed by atoms with Crippen molar-refractivity contribution < 1.29 is 9.18 Å². The Morgan fingerprint density at radius 1 is 1.47 bits per heavy atom. The van der Waals surface area contributed by atoms with E-state index in [0.29, 0.717) is 11.8 Å². The van der Waals surface area contributed by atoms with Gasteiger partial charge in [0.05, 0.1) is 11.4 Å². The van der Waals surface area contributed by atoms with Gasteiger partial charge in [-0.1, -0.05) is 23.7 Å². The third kappa shape index (κ3) is 2.90. The quantitative estimate of drug-likeness (QED) is 0.938.